The van der Waals surface area contributed by atoms with Gasteiger partial charge >= 0.3 is 0 Å². The highest BCUT2D eigenvalue weighted by atomic mass is 32.2. The van der Waals surface area contributed by atoms with Crippen LogP contribution in [-0.2, 0) is 6.61 Å². The number of hydrogen-bond acceptors (Lipinski definition) is 4. The van der Waals surface area contributed by atoms with Crippen molar-refractivity contribution >= 4 is 11.8 Å². The first kappa shape index (κ1) is 20.8. The molecule has 0 saturated heterocycles. The lowest BCUT2D eigenvalue weighted by Crippen LogP contribution is -2.38. The summed E-state index contributed by atoms with van der Waals surface area (Å²) in [4.78, 5) is 3.66. The lowest BCUT2D eigenvalue weighted by atomic mass is 10.0. The minimum absolute atomic E-state index is 0.0138. The molecule has 0 fully saturated rings. The van der Waals surface area contributed by atoms with Gasteiger partial charge in [0.2, 0.25) is 0 Å². The third kappa shape index (κ3) is 5.76. The standard InChI is InChI=1S/C22H31NO2S/c1-16(2)23(17(3)4)13-12-22(26-19-8-6-5-7-9-19)20-14-18(15-24)10-11-21(20)25/h5-11,14,16-17,22,24-25H,12-13,15H2,1-4H3. The number of aliphatic hydroxyl groups is 1. The SMILES string of the molecule is CC(C)N(CCC(Sc1ccccc1)c1cc(CO)ccc1O)C(C)C. The average molecular weight is 374 g/mol. The van der Waals surface area contributed by atoms with Gasteiger partial charge in [-0.2, -0.15) is 0 Å². The van der Waals surface area contributed by atoms with Gasteiger partial charge in [-0.05, 0) is 63.9 Å². The summed E-state index contributed by atoms with van der Waals surface area (Å²) >= 11 is 1.77. The van der Waals surface area contributed by atoms with Gasteiger partial charge in [0.15, 0.2) is 0 Å². The molecular weight excluding hydrogens is 342 g/mol. The molecule has 0 aliphatic heterocycles. The summed E-state index contributed by atoms with van der Waals surface area (Å²) in [5.41, 5.74) is 1.74. The lowest BCUT2D eigenvalue weighted by molar-refractivity contribution is 0.172. The number of hydrogen-bond donors (Lipinski definition) is 2. The molecule has 1 unspecified atom stereocenters. The molecule has 1 atom stereocenters. The fourth-order valence-electron chi connectivity index (χ4n) is 3.28. The van der Waals surface area contributed by atoms with E-state index in [2.05, 4.69) is 44.7 Å². The highest BCUT2D eigenvalue weighted by Crippen LogP contribution is 2.42. The van der Waals surface area contributed by atoms with E-state index in [1.165, 1.54) is 4.90 Å². The second kappa shape index (κ2) is 10.0. The normalized spacial score (nSPS) is 12.9. The predicted octanol–water partition coefficient (Wildman–Crippen LogP) is 5.23. The first-order chi connectivity index (χ1) is 12.4. The van der Waals surface area contributed by atoms with Crippen LogP contribution in [0, 0.1) is 0 Å². The number of thioether (sulfide) groups is 1. The molecule has 2 N–H and O–H groups in total. The third-order valence-electron chi connectivity index (χ3n) is 4.62. The van der Waals surface area contributed by atoms with Gasteiger partial charge in [0, 0.05) is 34.3 Å². The molecular formula is C22H31NO2S. The Morgan fingerprint density at radius 3 is 2.19 bits per heavy atom. The van der Waals surface area contributed by atoms with Crippen LogP contribution in [-0.4, -0.2) is 33.7 Å². The lowest BCUT2D eigenvalue weighted by Gasteiger charge is -2.32. The molecule has 0 bridgehead atoms. The van der Waals surface area contributed by atoms with Crippen LogP contribution in [0.25, 0.3) is 0 Å². The topological polar surface area (TPSA) is 43.7 Å². The fraction of sp³-hybridized carbons (Fsp3) is 0.455. The van der Waals surface area contributed by atoms with Crippen molar-refractivity contribution in [2.75, 3.05) is 6.54 Å². The Labute approximate surface area is 162 Å². The quantitative estimate of drug-likeness (QED) is 0.591. The maximum Gasteiger partial charge on any atom is 0.119 e. The molecule has 0 saturated carbocycles. The molecule has 0 amide bonds. The molecule has 0 aromatic heterocycles. The number of aliphatic hydroxyl groups excluding tert-OH is 1. The van der Waals surface area contributed by atoms with Gasteiger partial charge in [0.25, 0.3) is 0 Å². The van der Waals surface area contributed by atoms with Crippen LogP contribution in [0.4, 0.5) is 0 Å². The first-order valence-corrected chi connectivity index (χ1v) is 10.2. The predicted molar refractivity (Wildman–Crippen MR) is 111 cm³/mol. The summed E-state index contributed by atoms with van der Waals surface area (Å²) < 4.78 is 0. The number of phenols is 1. The van der Waals surface area contributed by atoms with Crippen molar-refractivity contribution in [2.45, 2.75) is 63.0 Å². The van der Waals surface area contributed by atoms with E-state index in [1.54, 1.807) is 23.9 Å². The van der Waals surface area contributed by atoms with E-state index in [4.69, 9.17) is 0 Å². The number of nitrogens with zero attached hydrogens (tertiary/aromatic N) is 1. The van der Waals surface area contributed by atoms with Crippen molar-refractivity contribution in [1.29, 1.82) is 0 Å². The molecule has 26 heavy (non-hydrogen) atoms. The average Bonchev–Trinajstić information content (AvgIpc) is 2.61. The fourth-order valence-corrected chi connectivity index (χ4v) is 4.46. The van der Waals surface area contributed by atoms with Gasteiger partial charge in [-0.15, -0.1) is 11.8 Å². The Bertz CT molecular complexity index is 665. The van der Waals surface area contributed by atoms with Crippen molar-refractivity contribution < 1.29 is 10.2 Å². The Morgan fingerprint density at radius 1 is 0.962 bits per heavy atom. The minimum atomic E-state index is -0.0138. The summed E-state index contributed by atoms with van der Waals surface area (Å²) in [5, 5.41) is 20.1. The third-order valence-corrected chi connectivity index (χ3v) is 5.94. The molecule has 4 heteroatoms. The van der Waals surface area contributed by atoms with Crippen molar-refractivity contribution in [1.82, 2.24) is 4.90 Å². The number of aromatic hydroxyl groups is 1. The van der Waals surface area contributed by atoms with Gasteiger partial charge in [0.1, 0.15) is 5.75 Å². The van der Waals surface area contributed by atoms with Gasteiger partial charge in [-0.3, -0.25) is 4.90 Å². The van der Waals surface area contributed by atoms with Crippen LogP contribution in [0.1, 0.15) is 50.5 Å². The Balaban J connectivity index is 2.27. The summed E-state index contributed by atoms with van der Waals surface area (Å²) in [6.45, 7) is 9.85. The van der Waals surface area contributed by atoms with Crippen LogP contribution in [0.3, 0.4) is 0 Å². The molecule has 0 heterocycles. The molecule has 142 valence electrons. The maximum absolute atomic E-state index is 10.5. The molecule has 0 aliphatic carbocycles. The summed E-state index contributed by atoms with van der Waals surface area (Å²) in [6.07, 6.45) is 0.929. The van der Waals surface area contributed by atoms with E-state index < -0.39 is 0 Å². The zero-order valence-corrected chi connectivity index (χ0v) is 17.0. The number of rotatable bonds is 9. The molecule has 0 radical (unpaired) electrons. The first-order valence-electron chi connectivity index (χ1n) is 9.32. The van der Waals surface area contributed by atoms with E-state index in [1.807, 2.05) is 24.3 Å². The summed E-state index contributed by atoms with van der Waals surface area (Å²) in [7, 11) is 0. The van der Waals surface area contributed by atoms with E-state index in [9.17, 15) is 10.2 Å². The zero-order chi connectivity index (χ0) is 19.1. The number of phenolic OH excluding ortho intramolecular Hbond substituents is 1. The van der Waals surface area contributed by atoms with E-state index in [0.29, 0.717) is 17.8 Å². The van der Waals surface area contributed by atoms with Gasteiger partial charge < -0.3 is 10.2 Å². The van der Waals surface area contributed by atoms with Crippen molar-refractivity contribution in [3.05, 3.63) is 59.7 Å². The minimum Gasteiger partial charge on any atom is -0.508 e. The molecule has 0 aliphatic rings. The molecule has 2 rings (SSSR count). The van der Waals surface area contributed by atoms with Crippen molar-refractivity contribution in [3.63, 3.8) is 0 Å². The smallest absolute Gasteiger partial charge is 0.119 e. The van der Waals surface area contributed by atoms with Gasteiger partial charge in [-0.25, -0.2) is 0 Å². The largest absolute Gasteiger partial charge is 0.508 e. The summed E-state index contributed by atoms with van der Waals surface area (Å²) in [5.74, 6) is 0.302. The van der Waals surface area contributed by atoms with E-state index in [-0.39, 0.29) is 11.9 Å². The van der Waals surface area contributed by atoms with Crippen LogP contribution >= 0.6 is 11.8 Å². The van der Waals surface area contributed by atoms with Crippen LogP contribution in [0.15, 0.2) is 53.4 Å². The molecule has 3 nitrogen and oxygen atoms in total. The summed E-state index contributed by atoms with van der Waals surface area (Å²) in [6, 6.07) is 16.7. The van der Waals surface area contributed by atoms with Crippen LogP contribution < -0.4 is 0 Å². The molecule has 2 aromatic carbocycles. The van der Waals surface area contributed by atoms with Gasteiger partial charge in [-0.1, -0.05) is 24.3 Å². The maximum atomic E-state index is 10.5. The van der Waals surface area contributed by atoms with Crippen LogP contribution in [0.5, 0.6) is 5.75 Å². The van der Waals surface area contributed by atoms with Gasteiger partial charge in [0.05, 0.1) is 6.61 Å². The second-order valence-electron chi connectivity index (χ2n) is 7.18. The van der Waals surface area contributed by atoms with E-state index >= 15 is 0 Å². The highest BCUT2D eigenvalue weighted by Gasteiger charge is 2.21. The zero-order valence-electron chi connectivity index (χ0n) is 16.2. The van der Waals surface area contributed by atoms with E-state index in [0.717, 1.165) is 24.1 Å². The number of benzene rings is 2. The highest BCUT2D eigenvalue weighted by molar-refractivity contribution is 7.99. The van der Waals surface area contributed by atoms with Crippen molar-refractivity contribution in [3.8, 4) is 5.75 Å². The Kier molecular flexibility index (Phi) is 8.01. The second-order valence-corrected chi connectivity index (χ2v) is 8.46. The Hall–Kier alpha value is -1.49. The Morgan fingerprint density at radius 2 is 1.62 bits per heavy atom. The van der Waals surface area contributed by atoms with Crippen molar-refractivity contribution in [2.24, 2.45) is 0 Å². The monoisotopic (exact) mass is 373 g/mol. The molecule has 2 aromatic rings. The van der Waals surface area contributed by atoms with Crippen LogP contribution in [0.2, 0.25) is 0 Å². The molecule has 0 spiro atoms.